The molecular weight excluding hydrogens is 224 g/mol. The minimum absolute atomic E-state index is 0.269. The van der Waals surface area contributed by atoms with E-state index in [-0.39, 0.29) is 6.04 Å². The normalized spacial score (nSPS) is 36.8. The van der Waals surface area contributed by atoms with Crippen molar-refractivity contribution in [1.82, 2.24) is 10.2 Å². The highest BCUT2D eigenvalue weighted by molar-refractivity contribution is 7.91. The van der Waals surface area contributed by atoms with Crippen LogP contribution in [0.2, 0.25) is 0 Å². The number of nitrogens with zero attached hydrogens (tertiary/aromatic N) is 1. The van der Waals surface area contributed by atoms with Gasteiger partial charge >= 0.3 is 0 Å². The summed E-state index contributed by atoms with van der Waals surface area (Å²) in [5.41, 5.74) is 0. The topological polar surface area (TPSA) is 49.4 Å². The summed E-state index contributed by atoms with van der Waals surface area (Å²) in [6.07, 6.45) is 3.01. The number of sulfone groups is 1. The molecule has 2 saturated heterocycles. The van der Waals surface area contributed by atoms with Crippen molar-refractivity contribution in [1.29, 1.82) is 0 Å². The van der Waals surface area contributed by atoms with Gasteiger partial charge in [-0.25, -0.2) is 8.42 Å². The number of hydrogen-bond donors (Lipinski definition) is 1. The van der Waals surface area contributed by atoms with Crippen LogP contribution >= 0.6 is 0 Å². The van der Waals surface area contributed by atoms with Gasteiger partial charge < -0.3 is 5.32 Å². The molecule has 2 fully saturated rings. The van der Waals surface area contributed by atoms with Crippen molar-refractivity contribution in [3.8, 4) is 0 Å². The van der Waals surface area contributed by atoms with Crippen LogP contribution in [-0.2, 0) is 9.84 Å². The first-order valence-corrected chi connectivity index (χ1v) is 8.07. The third kappa shape index (κ3) is 3.18. The van der Waals surface area contributed by atoms with Crippen molar-refractivity contribution >= 4 is 9.84 Å². The average molecular weight is 246 g/mol. The summed E-state index contributed by atoms with van der Waals surface area (Å²) in [5.74, 6) is 0.771. The molecule has 0 bridgehead atoms. The highest BCUT2D eigenvalue weighted by Gasteiger charge is 2.29. The van der Waals surface area contributed by atoms with Gasteiger partial charge in [-0.3, -0.25) is 4.90 Å². The first-order chi connectivity index (χ1) is 7.57. The molecule has 2 rings (SSSR count). The number of rotatable bonds is 1. The van der Waals surface area contributed by atoms with Gasteiger partial charge in [-0.15, -0.1) is 0 Å². The second-order valence-electron chi connectivity index (χ2n) is 5.09. The molecule has 2 unspecified atom stereocenters. The van der Waals surface area contributed by atoms with Crippen LogP contribution in [0.25, 0.3) is 0 Å². The SMILES string of the molecule is CC1CCN(C2CCCS(=O)(=O)C2)CCN1. The summed E-state index contributed by atoms with van der Waals surface area (Å²) in [6.45, 7) is 5.21. The summed E-state index contributed by atoms with van der Waals surface area (Å²) in [6, 6.07) is 0.830. The lowest BCUT2D eigenvalue weighted by Crippen LogP contribution is -2.45. The molecule has 0 saturated carbocycles. The third-order valence-electron chi connectivity index (χ3n) is 3.70. The molecular formula is C11H22N2O2S. The van der Waals surface area contributed by atoms with Crippen LogP contribution in [0.5, 0.6) is 0 Å². The molecule has 5 heteroatoms. The van der Waals surface area contributed by atoms with Crippen molar-refractivity contribution in [2.24, 2.45) is 0 Å². The molecule has 2 atom stereocenters. The van der Waals surface area contributed by atoms with Gasteiger partial charge in [0.05, 0.1) is 11.5 Å². The molecule has 0 aromatic heterocycles. The zero-order valence-electron chi connectivity index (χ0n) is 9.98. The molecule has 2 aliphatic rings. The Morgan fingerprint density at radius 3 is 2.81 bits per heavy atom. The van der Waals surface area contributed by atoms with Crippen molar-refractivity contribution in [2.45, 2.75) is 38.3 Å². The summed E-state index contributed by atoms with van der Waals surface area (Å²) in [5, 5.41) is 3.44. The molecule has 16 heavy (non-hydrogen) atoms. The van der Waals surface area contributed by atoms with Crippen LogP contribution in [0.3, 0.4) is 0 Å². The molecule has 2 aliphatic heterocycles. The van der Waals surface area contributed by atoms with E-state index in [1.54, 1.807) is 0 Å². The van der Waals surface area contributed by atoms with Gasteiger partial charge in [0.15, 0.2) is 9.84 Å². The molecule has 94 valence electrons. The first kappa shape index (κ1) is 12.3. The fourth-order valence-corrected chi connectivity index (χ4v) is 4.42. The molecule has 0 amide bonds. The number of nitrogens with one attached hydrogen (secondary N) is 1. The third-order valence-corrected chi connectivity index (χ3v) is 5.50. The molecule has 2 heterocycles. The molecule has 0 spiro atoms. The molecule has 1 N–H and O–H groups in total. The van der Waals surface area contributed by atoms with Gasteiger partial charge in [0.2, 0.25) is 0 Å². The van der Waals surface area contributed by atoms with Crippen LogP contribution in [0.15, 0.2) is 0 Å². The van der Waals surface area contributed by atoms with Crippen molar-refractivity contribution in [2.75, 3.05) is 31.1 Å². The lowest BCUT2D eigenvalue weighted by molar-refractivity contribution is 0.209. The van der Waals surface area contributed by atoms with E-state index in [1.807, 2.05) is 0 Å². The Kier molecular flexibility index (Phi) is 3.87. The lowest BCUT2D eigenvalue weighted by Gasteiger charge is -2.32. The van der Waals surface area contributed by atoms with E-state index in [1.165, 1.54) is 0 Å². The Morgan fingerprint density at radius 2 is 2.06 bits per heavy atom. The van der Waals surface area contributed by atoms with E-state index in [2.05, 4.69) is 17.1 Å². The van der Waals surface area contributed by atoms with Crippen LogP contribution in [-0.4, -0.2) is 56.5 Å². The Labute approximate surface area is 98.3 Å². The van der Waals surface area contributed by atoms with E-state index in [4.69, 9.17) is 0 Å². The smallest absolute Gasteiger partial charge is 0.151 e. The van der Waals surface area contributed by atoms with Crippen LogP contribution in [0.4, 0.5) is 0 Å². The Morgan fingerprint density at radius 1 is 1.25 bits per heavy atom. The van der Waals surface area contributed by atoms with Crippen molar-refractivity contribution in [3.05, 3.63) is 0 Å². The second kappa shape index (κ2) is 5.02. The summed E-state index contributed by atoms with van der Waals surface area (Å²) in [7, 11) is -2.77. The van der Waals surface area contributed by atoms with E-state index >= 15 is 0 Å². The van der Waals surface area contributed by atoms with Crippen molar-refractivity contribution in [3.63, 3.8) is 0 Å². The van der Waals surface area contributed by atoms with E-state index in [0.717, 1.165) is 38.9 Å². The molecule has 0 aromatic carbocycles. The zero-order chi connectivity index (χ0) is 11.6. The Bertz CT molecular complexity index is 329. The van der Waals surface area contributed by atoms with Gasteiger partial charge in [0.1, 0.15) is 0 Å². The lowest BCUT2D eigenvalue weighted by atomic mass is 10.1. The summed E-state index contributed by atoms with van der Waals surface area (Å²) < 4.78 is 23.2. The van der Waals surface area contributed by atoms with Crippen molar-refractivity contribution < 1.29 is 8.42 Å². The maximum Gasteiger partial charge on any atom is 0.151 e. The van der Waals surface area contributed by atoms with Gasteiger partial charge in [0.25, 0.3) is 0 Å². The predicted octanol–water partition coefficient (Wildman–Crippen LogP) is 0.247. The first-order valence-electron chi connectivity index (χ1n) is 6.25. The van der Waals surface area contributed by atoms with E-state index in [0.29, 0.717) is 17.5 Å². The summed E-state index contributed by atoms with van der Waals surface area (Å²) >= 11 is 0. The average Bonchev–Trinajstić information content (AvgIpc) is 2.41. The maximum atomic E-state index is 11.6. The largest absolute Gasteiger partial charge is 0.313 e. The van der Waals surface area contributed by atoms with Crippen LogP contribution in [0.1, 0.15) is 26.2 Å². The van der Waals surface area contributed by atoms with Crippen LogP contribution < -0.4 is 5.32 Å². The van der Waals surface area contributed by atoms with Gasteiger partial charge in [0, 0.05) is 25.2 Å². The zero-order valence-corrected chi connectivity index (χ0v) is 10.8. The summed E-state index contributed by atoms with van der Waals surface area (Å²) in [4.78, 5) is 2.37. The van der Waals surface area contributed by atoms with Gasteiger partial charge in [-0.2, -0.15) is 0 Å². The monoisotopic (exact) mass is 246 g/mol. The highest BCUT2D eigenvalue weighted by Crippen LogP contribution is 2.18. The Balaban J connectivity index is 1.96. The van der Waals surface area contributed by atoms with Crippen LogP contribution in [0, 0.1) is 0 Å². The minimum Gasteiger partial charge on any atom is -0.313 e. The Hall–Kier alpha value is -0.130. The van der Waals surface area contributed by atoms with Gasteiger partial charge in [-0.05, 0) is 32.7 Å². The standard InChI is InChI=1S/C11H22N2O2S/c1-10-4-6-13(7-5-12-10)11-3-2-8-16(14,15)9-11/h10-12H,2-9H2,1H3. The molecule has 0 aliphatic carbocycles. The fourth-order valence-electron chi connectivity index (χ4n) is 2.68. The molecule has 0 radical (unpaired) electrons. The highest BCUT2D eigenvalue weighted by atomic mass is 32.2. The quantitative estimate of drug-likeness (QED) is 0.720. The van der Waals surface area contributed by atoms with Gasteiger partial charge in [-0.1, -0.05) is 0 Å². The molecule has 0 aromatic rings. The van der Waals surface area contributed by atoms with E-state index in [9.17, 15) is 8.42 Å². The fraction of sp³-hybridized carbons (Fsp3) is 1.00. The molecule has 4 nitrogen and oxygen atoms in total. The minimum atomic E-state index is -2.77. The number of hydrogen-bond acceptors (Lipinski definition) is 4. The van der Waals surface area contributed by atoms with E-state index < -0.39 is 9.84 Å². The second-order valence-corrected chi connectivity index (χ2v) is 7.32. The predicted molar refractivity (Wildman–Crippen MR) is 65.3 cm³/mol. The maximum absolute atomic E-state index is 11.6.